The van der Waals surface area contributed by atoms with Crippen LogP contribution in [0.5, 0.6) is 0 Å². The van der Waals surface area contributed by atoms with Crippen molar-refractivity contribution in [3.63, 3.8) is 0 Å². The van der Waals surface area contributed by atoms with Crippen molar-refractivity contribution in [2.24, 2.45) is 16.3 Å². The largest absolute Gasteiger partial charge is 0.357 e. The summed E-state index contributed by atoms with van der Waals surface area (Å²) in [6.07, 6.45) is 8.23. The molecule has 4 nitrogen and oxygen atoms in total. The first-order chi connectivity index (χ1) is 12.7. The molecule has 0 aromatic carbocycles. The molecule has 0 bridgehead atoms. The average molecular weight is 375 g/mol. The maximum absolute atomic E-state index is 5.15. The molecule has 1 aliphatic carbocycles. The Hall–Kier alpha value is -1.07. The molecule has 3 fully saturated rings. The van der Waals surface area contributed by atoms with E-state index in [2.05, 4.69) is 46.6 Å². The number of thiophene rings is 1. The topological polar surface area (TPSA) is 30.9 Å². The fourth-order valence-corrected chi connectivity index (χ4v) is 6.17. The Morgan fingerprint density at radius 3 is 2.85 bits per heavy atom. The molecule has 26 heavy (non-hydrogen) atoms. The van der Waals surface area contributed by atoms with Gasteiger partial charge in [-0.2, -0.15) is 0 Å². The number of nitrogens with zero attached hydrogens (tertiary/aromatic N) is 3. The molecule has 1 aromatic heterocycles. The molecule has 4 rings (SSSR count). The van der Waals surface area contributed by atoms with E-state index in [4.69, 9.17) is 4.99 Å². The number of likely N-dealkylation sites (tertiary alicyclic amines) is 2. The van der Waals surface area contributed by atoms with Crippen molar-refractivity contribution in [3.05, 3.63) is 22.4 Å². The highest BCUT2D eigenvalue weighted by Gasteiger charge is 2.43. The lowest BCUT2D eigenvalue weighted by Gasteiger charge is -2.39. The van der Waals surface area contributed by atoms with Crippen LogP contribution in [-0.2, 0) is 0 Å². The normalized spacial score (nSPS) is 29.2. The lowest BCUT2D eigenvalue weighted by molar-refractivity contribution is 0.128. The van der Waals surface area contributed by atoms with Crippen LogP contribution in [0, 0.1) is 11.3 Å². The molecule has 2 atom stereocenters. The van der Waals surface area contributed by atoms with Gasteiger partial charge >= 0.3 is 0 Å². The van der Waals surface area contributed by atoms with E-state index in [0.717, 1.165) is 19.0 Å². The first kappa shape index (κ1) is 18.3. The van der Waals surface area contributed by atoms with Gasteiger partial charge in [-0.1, -0.05) is 12.5 Å². The maximum Gasteiger partial charge on any atom is 0.193 e. The van der Waals surface area contributed by atoms with Gasteiger partial charge in [0.2, 0.25) is 0 Å². The van der Waals surface area contributed by atoms with E-state index in [1.54, 1.807) is 0 Å². The fraction of sp³-hybridized carbons (Fsp3) is 0.762. The molecule has 0 amide bonds. The number of rotatable bonds is 4. The zero-order valence-corrected chi connectivity index (χ0v) is 17.2. The van der Waals surface area contributed by atoms with E-state index in [-0.39, 0.29) is 0 Å². The van der Waals surface area contributed by atoms with Crippen molar-refractivity contribution < 1.29 is 0 Å². The lowest BCUT2D eigenvalue weighted by atomic mass is 9.68. The molecule has 2 saturated heterocycles. The molecule has 144 valence electrons. The van der Waals surface area contributed by atoms with Crippen molar-refractivity contribution in [2.45, 2.75) is 51.5 Å². The quantitative estimate of drug-likeness (QED) is 0.639. The van der Waals surface area contributed by atoms with Crippen molar-refractivity contribution in [2.75, 3.05) is 39.8 Å². The molecule has 2 unspecified atom stereocenters. The molecular weight excluding hydrogens is 340 g/mol. The van der Waals surface area contributed by atoms with Crippen molar-refractivity contribution in [3.8, 4) is 0 Å². The van der Waals surface area contributed by atoms with Crippen LogP contribution in [0.3, 0.4) is 0 Å². The van der Waals surface area contributed by atoms with Gasteiger partial charge < -0.3 is 10.2 Å². The minimum atomic E-state index is 0.534. The fourth-order valence-electron chi connectivity index (χ4n) is 5.19. The van der Waals surface area contributed by atoms with Crippen LogP contribution in [0.4, 0.5) is 0 Å². The molecule has 1 spiro atoms. The van der Waals surface area contributed by atoms with Gasteiger partial charge in [0.1, 0.15) is 0 Å². The highest BCUT2D eigenvalue weighted by atomic mass is 32.1. The summed E-state index contributed by atoms with van der Waals surface area (Å²) < 4.78 is 0. The summed E-state index contributed by atoms with van der Waals surface area (Å²) in [5.74, 6) is 1.79. The molecule has 3 aliphatic rings. The number of aliphatic imine (C=N–C) groups is 1. The van der Waals surface area contributed by atoms with E-state index >= 15 is 0 Å². The van der Waals surface area contributed by atoms with Gasteiger partial charge in [-0.05, 0) is 75.4 Å². The van der Waals surface area contributed by atoms with Crippen LogP contribution in [0.2, 0.25) is 0 Å². The van der Waals surface area contributed by atoms with E-state index in [9.17, 15) is 0 Å². The maximum atomic E-state index is 5.15. The first-order valence-corrected chi connectivity index (χ1v) is 11.4. The van der Waals surface area contributed by atoms with E-state index in [1.165, 1.54) is 63.0 Å². The van der Waals surface area contributed by atoms with Crippen LogP contribution in [0.1, 0.15) is 56.4 Å². The van der Waals surface area contributed by atoms with Crippen molar-refractivity contribution >= 4 is 17.3 Å². The summed E-state index contributed by atoms with van der Waals surface area (Å²) in [4.78, 5) is 11.7. The Morgan fingerprint density at radius 2 is 2.19 bits per heavy atom. The van der Waals surface area contributed by atoms with Gasteiger partial charge in [-0.15, -0.1) is 11.3 Å². The van der Waals surface area contributed by atoms with Gasteiger partial charge in [-0.3, -0.25) is 9.89 Å². The standard InChI is InChI=1S/C21H34N4S/c1-3-22-20(25-13-11-21(16-25)9-6-10-21)23-15-17-7-4-12-24(2)19(17)18-8-5-14-26-18/h5,8,14,17,19H,3-4,6-7,9-13,15-16H2,1-2H3,(H,22,23). The third-order valence-corrected chi connectivity index (χ3v) is 7.75. The second-order valence-corrected chi connectivity index (χ2v) is 9.54. The molecule has 1 aromatic rings. The van der Waals surface area contributed by atoms with Gasteiger partial charge in [0.15, 0.2) is 5.96 Å². The third-order valence-electron chi connectivity index (χ3n) is 6.80. The van der Waals surface area contributed by atoms with Crippen molar-refractivity contribution in [1.82, 2.24) is 15.1 Å². The number of piperidine rings is 1. The molecule has 0 radical (unpaired) electrons. The first-order valence-electron chi connectivity index (χ1n) is 10.5. The summed E-state index contributed by atoms with van der Waals surface area (Å²) in [5.41, 5.74) is 0.626. The lowest BCUT2D eigenvalue weighted by Crippen LogP contribution is -2.43. The van der Waals surface area contributed by atoms with Gasteiger partial charge in [0.05, 0.1) is 0 Å². The smallest absolute Gasteiger partial charge is 0.193 e. The van der Waals surface area contributed by atoms with Gasteiger partial charge in [0.25, 0.3) is 0 Å². The summed E-state index contributed by atoms with van der Waals surface area (Å²) in [6.45, 7) is 7.70. The minimum absolute atomic E-state index is 0.534. The van der Waals surface area contributed by atoms with E-state index < -0.39 is 0 Å². The van der Waals surface area contributed by atoms with Crippen LogP contribution >= 0.6 is 11.3 Å². The predicted octanol–water partition coefficient (Wildman–Crippen LogP) is 3.97. The van der Waals surface area contributed by atoms with Crippen LogP contribution in [0.25, 0.3) is 0 Å². The Bertz CT molecular complexity index is 608. The Morgan fingerprint density at radius 1 is 1.31 bits per heavy atom. The van der Waals surface area contributed by atoms with Crippen molar-refractivity contribution in [1.29, 1.82) is 0 Å². The van der Waals surface area contributed by atoms with Crippen LogP contribution < -0.4 is 5.32 Å². The van der Waals surface area contributed by atoms with Crippen LogP contribution in [-0.4, -0.2) is 55.5 Å². The number of nitrogens with one attached hydrogen (secondary N) is 1. The van der Waals surface area contributed by atoms with Gasteiger partial charge in [-0.25, -0.2) is 0 Å². The molecule has 3 heterocycles. The predicted molar refractivity (Wildman–Crippen MR) is 111 cm³/mol. The molecular formula is C21H34N4S. The minimum Gasteiger partial charge on any atom is -0.357 e. The SMILES string of the molecule is CCNC(=NCC1CCCN(C)C1c1cccs1)N1CCC2(CCC2)C1. The molecule has 1 N–H and O–H groups in total. The number of hydrogen-bond acceptors (Lipinski definition) is 3. The third kappa shape index (κ3) is 3.65. The van der Waals surface area contributed by atoms with E-state index in [1.807, 2.05) is 11.3 Å². The molecule has 5 heteroatoms. The highest BCUT2D eigenvalue weighted by Crippen LogP contribution is 2.48. The van der Waals surface area contributed by atoms with Crippen LogP contribution in [0.15, 0.2) is 22.5 Å². The molecule has 2 aliphatic heterocycles. The average Bonchev–Trinajstić information content (AvgIpc) is 3.28. The number of hydrogen-bond donors (Lipinski definition) is 1. The monoisotopic (exact) mass is 374 g/mol. The zero-order chi connectivity index (χ0) is 18.0. The highest BCUT2D eigenvalue weighted by molar-refractivity contribution is 7.10. The summed E-state index contributed by atoms with van der Waals surface area (Å²) >= 11 is 1.90. The van der Waals surface area contributed by atoms with Gasteiger partial charge in [0, 0.05) is 37.1 Å². The Kier molecular flexibility index (Phi) is 5.55. The summed E-state index contributed by atoms with van der Waals surface area (Å²) in [5, 5.41) is 5.79. The Balaban J connectivity index is 1.46. The van der Waals surface area contributed by atoms with E-state index in [0.29, 0.717) is 17.4 Å². The summed E-state index contributed by atoms with van der Waals surface area (Å²) in [6, 6.07) is 5.03. The second kappa shape index (κ2) is 7.89. The summed E-state index contributed by atoms with van der Waals surface area (Å²) in [7, 11) is 2.28. The molecule has 1 saturated carbocycles. The Labute approximate surface area is 162 Å². The number of guanidine groups is 1. The second-order valence-electron chi connectivity index (χ2n) is 8.56. The zero-order valence-electron chi connectivity index (χ0n) is 16.4.